The van der Waals surface area contributed by atoms with Gasteiger partial charge >= 0.3 is 5.97 Å². The Morgan fingerprint density at radius 3 is 1.90 bits per heavy atom. The minimum absolute atomic E-state index is 0.335. The average molecular weight is 282 g/mol. The van der Waals surface area contributed by atoms with E-state index >= 15 is 0 Å². The number of hydrogen-bond acceptors (Lipinski definition) is 1. The Labute approximate surface area is 125 Å². The van der Waals surface area contributed by atoms with Crippen LogP contribution < -0.4 is 0 Å². The average Bonchev–Trinajstić information content (AvgIpc) is 2.38. The van der Waals surface area contributed by atoms with Crippen LogP contribution in [0.4, 0.5) is 0 Å². The summed E-state index contributed by atoms with van der Waals surface area (Å²) in [6.45, 7) is 4.57. The normalized spacial score (nSPS) is 11.6. The van der Waals surface area contributed by atoms with E-state index in [2.05, 4.69) is 26.0 Å². The fourth-order valence-electron chi connectivity index (χ4n) is 2.30. The highest BCUT2D eigenvalue weighted by Crippen LogP contribution is 2.11. The lowest BCUT2D eigenvalue weighted by Crippen LogP contribution is -1.93. The van der Waals surface area contributed by atoms with Crippen molar-refractivity contribution in [2.24, 2.45) is 5.92 Å². The topological polar surface area (TPSA) is 37.3 Å². The maximum Gasteiger partial charge on any atom is 0.303 e. The third-order valence-electron chi connectivity index (χ3n) is 3.58. The smallest absolute Gasteiger partial charge is 0.303 e. The van der Waals surface area contributed by atoms with Crippen LogP contribution in [0.2, 0.25) is 0 Å². The van der Waals surface area contributed by atoms with Crippen LogP contribution in [0.3, 0.4) is 0 Å². The minimum Gasteiger partial charge on any atom is -0.481 e. The fraction of sp³-hybridized carbons (Fsp3) is 0.833. The highest BCUT2D eigenvalue weighted by molar-refractivity contribution is 5.66. The van der Waals surface area contributed by atoms with Crippen LogP contribution in [0.5, 0.6) is 0 Å². The zero-order chi connectivity index (χ0) is 15.1. The summed E-state index contributed by atoms with van der Waals surface area (Å²) in [7, 11) is 0. The van der Waals surface area contributed by atoms with Crippen molar-refractivity contribution in [1.29, 1.82) is 0 Å². The molecule has 0 heterocycles. The van der Waals surface area contributed by atoms with Gasteiger partial charge in [0.1, 0.15) is 0 Å². The first kappa shape index (κ1) is 19.2. The second-order valence-electron chi connectivity index (χ2n) is 6.20. The molecule has 0 bridgehead atoms. The molecule has 0 fully saturated rings. The summed E-state index contributed by atoms with van der Waals surface area (Å²) in [4.78, 5) is 10.3. The van der Waals surface area contributed by atoms with Gasteiger partial charge in [0.15, 0.2) is 0 Å². The molecular weight excluding hydrogens is 248 g/mol. The summed E-state index contributed by atoms with van der Waals surface area (Å²) < 4.78 is 0. The number of aliphatic carboxylic acids is 1. The van der Waals surface area contributed by atoms with E-state index in [0.717, 1.165) is 18.8 Å². The van der Waals surface area contributed by atoms with Crippen LogP contribution in [0, 0.1) is 5.92 Å². The van der Waals surface area contributed by atoms with Gasteiger partial charge < -0.3 is 5.11 Å². The fourth-order valence-corrected chi connectivity index (χ4v) is 2.30. The predicted octanol–water partition coefficient (Wildman–Crippen LogP) is 5.96. The molecule has 0 aromatic heterocycles. The largest absolute Gasteiger partial charge is 0.481 e. The van der Waals surface area contributed by atoms with E-state index in [0.29, 0.717) is 6.42 Å². The number of rotatable bonds is 14. The van der Waals surface area contributed by atoms with Crippen molar-refractivity contribution in [3.63, 3.8) is 0 Å². The molecule has 0 radical (unpaired) electrons. The molecule has 2 heteroatoms. The minimum atomic E-state index is -0.662. The maximum absolute atomic E-state index is 10.3. The molecule has 0 unspecified atom stereocenters. The first-order valence-corrected chi connectivity index (χ1v) is 8.49. The number of allylic oxidation sites excluding steroid dienone is 2. The van der Waals surface area contributed by atoms with Gasteiger partial charge in [-0.15, -0.1) is 0 Å². The van der Waals surface area contributed by atoms with Crippen molar-refractivity contribution >= 4 is 5.97 Å². The van der Waals surface area contributed by atoms with Crippen LogP contribution in [0.1, 0.15) is 90.9 Å². The zero-order valence-electron chi connectivity index (χ0n) is 13.6. The van der Waals surface area contributed by atoms with Crippen LogP contribution in [-0.4, -0.2) is 11.1 Å². The Morgan fingerprint density at radius 2 is 1.35 bits per heavy atom. The molecule has 0 aliphatic heterocycles. The van der Waals surface area contributed by atoms with Crippen molar-refractivity contribution in [3.05, 3.63) is 12.2 Å². The Hall–Kier alpha value is -0.790. The molecule has 0 saturated heterocycles. The van der Waals surface area contributed by atoms with Crippen LogP contribution in [0.15, 0.2) is 12.2 Å². The third-order valence-corrected chi connectivity index (χ3v) is 3.58. The second kappa shape index (κ2) is 14.6. The van der Waals surface area contributed by atoms with E-state index in [1.54, 1.807) is 0 Å². The van der Waals surface area contributed by atoms with Crippen molar-refractivity contribution < 1.29 is 9.90 Å². The van der Waals surface area contributed by atoms with Gasteiger partial charge in [-0.05, 0) is 38.0 Å². The number of unbranched alkanes of at least 4 members (excludes halogenated alkanes) is 8. The number of carboxylic acids is 1. The van der Waals surface area contributed by atoms with E-state index in [9.17, 15) is 4.79 Å². The lowest BCUT2D eigenvalue weighted by Gasteiger charge is -2.01. The van der Waals surface area contributed by atoms with Crippen molar-refractivity contribution in [3.8, 4) is 0 Å². The predicted molar refractivity (Wildman–Crippen MR) is 87.0 cm³/mol. The zero-order valence-corrected chi connectivity index (χ0v) is 13.6. The summed E-state index contributed by atoms with van der Waals surface area (Å²) in [6, 6.07) is 0. The van der Waals surface area contributed by atoms with E-state index in [1.807, 2.05) is 0 Å². The standard InChI is InChI=1S/C18H34O2/c1-17(2)15-13-11-9-7-5-3-4-6-8-10-12-14-16-18(19)20/h7,9,17H,3-6,8,10-16H2,1-2H3,(H,19,20)/b9-7-. The number of hydrogen-bond donors (Lipinski definition) is 1. The Balaban J connectivity index is 3.09. The van der Waals surface area contributed by atoms with Gasteiger partial charge in [-0.1, -0.05) is 64.5 Å². The molecule has 0 saturated carbocycles. The first-order chi connectivity index (χ1) is 9.63. The Morgan fingerprint density at radius 1 is 0.850 bits per heavy atom. The molecule has 0 amide bonds. The van der Waals surface area contributed by atoms with Gasteiger partial charge in [0.2, 0.25) is 0 Å². The molecule has 1 N–H and O–H groups in total. The lowest BCUT2D eigenvalue weighted by atomic mass is 10.1. The molecule has 2 nitrogen and oxygen atoms in total. The molecular formula is C18H34O2. The third kappa shape index (κ3) is 17.2. The quantitative estimate of drug-likeness (QED) is 0.315. The van der Waals surface area contributed by atoms with E-state index in [1.165, 1.54) is 57.8 Å². The molecule has 0 rings (SSSR count). The van der Waals surface area contributed by atoms with Gasteiger partial charge in [-0.25, -0.2) is 0 Å². The van der Waals surface area contributed by atoms with Crippen molar-refractivity contribution in [1.82, 2.24) is 0 Å². The van der Waals surface area contributed by atoms with Crippen LogP contribution >= 0.6 is 0 Å². The summed E-state index contributed by atoms with van der Waals surface area (Å²) in [6.07, 6.45) is 18.4. The summed E-state index contributed by atoms with van der Waals surface area (Å²) >= 11 is 0. The molecule has 0 aromatic carbocycles. The summed E-state index contributed by atoms with van der Waals surface area (Å²) in [5, 5.41) is 8.51. The van der Waals surface area contributed by atoms with Gasteiger partial charge in [-0.3, -0.25) is 4.79 Å². The molecule has 20 heavy (non-hydrogen) atoms. The molecule has 0 aromatic rings. The first-order valence-electron chi connectivity index (χ1n) is 8.49. The molecule has 0 spiro atoms. The number of carbonyl (C=O) groups is 1. The van der Waals surface area contributed by atoms with Crippen LogP contribution in [0.25, 0.3) is 0 Å². The molecule has 0 atom stereocenters. The summed E-state index contributed by atoms with van der Waals surface area (Å²) in [5.74, 6) is 0.170. The molecule has 0 aliphatic carbocycles. The second-order valence-corrected chi connectivity index (χ2v) is 6.20. The van der Waals surface area contributed by atoms with E-state index < -0.39 is 5.97 Å². The van der Waals surface area contributed by atoms with Crippen LogP contribution in [-0.2, 0) is 4.79 Å². The SMILES string of the molecule is CC(C)CCC/C=C\CCCCCCCCCC(=O)O. The molecule has 0 aliphatic rings. The van der Waals surface area contributed by atoms with Crippen molar-refractivity contribution in [2.45, 2.75) is 90.9 Å². The maximum atomic E-state index is 10.3. The van der Waals surface area contributed by atoms with E-state index in [-0.39, 0.29) is 0 Å². The van der Waals surface area contributed by atoms with E-state index in [4.69, 9.17) is 5.11 Å². The van der Waals surface area contributed by atoms with Gasteiger partial charge in [-0.2, -0.15) is 0 Å². The number of carboxylic acid groups (broad SMARTS) is 1. The van der Waals surface area contributed by atoms with Gasteiger partial charge in [0, 0.05) is 6.42 Å². The monoisotopic (exact) mass is 282 g/mol. The van der Waals surface area contributed by atoms with Gasteiger partial charge in [0.25, 0.3) is 0 Å². The Kier molecular flexibility index (Phi) is 14.0. The Bertz CT molecular complexity index is 244. The lowest BCUT2D eigenvalue weighted by molar-refractivity contribution is -0.137. The highest BCUT2D eigenvalue weighted by atomic mass is 16.4. The van der Waals surface area contributed by atoms with Crippen molar-refractivity contribution in [2.75, 3.05) is 0 Å². The molecule has 118 valence electrons. The summed E-state index contributed by atoms with van der Waals surface area (Å²) in [5.41, 5.74) is 0. The van der Waals surface area contributed by atoms with Gasteiger partial charge in [0.05, 0.1) is 0 Å². The highest BCUT2D eigenvalue weighted by Gasteiger charge is 1.96.